The molecule has 0 bridgehead atoms. The number of anilines is 1. The van der Waals surface area contributed by atoms with Crippen LogP contribution in [0.2, 0.25) is 0 Å². The van der Waals surface area contributed by atoms with Crippen LogP contribution in [0.15, 0.2) is 0 Å². The van der Waals surface area contributed by atoms with Crippen LogP contribution in [-0.2, 0) is 22.3 Å². The summed E-state index contributed by atoms with van der Waals surface area (Å²) < 4.78 is 14.4. The van der Waals surface area contributed by atoms with E-state index in [9.17, 15) is 19.5 Å². The Morgan fingerprint density at radius 2 is 2.06 bits per heavy atom. The second-order valence-corrected chi connectivity index (χ2v) is 4.42. The summed E-state index contributed by atoms with van der Waals surface area (Å²) in [5.74, 6) is -0.426. The number of aromatic nitrogens is 1. The van der Waals surface area contributed by atoms with Crippen LogP contribution in [0.1, 0.15) is 16.8 Å². The average molecular weight is 262 g/mol. The highest BCUT2D eigenvalue weighted by Gasteiger charge is 2.15. The van der Waals surface area contributed by atoms with Crippen molar-refractivity contribution in [3.8, 4) is 5.75 Å². The van der Waals surface area contributed by atoms with Crippen LogP contribution in [0.3, 0.4) is 0 Å². The Kier molecular flexibility index (Phi) is 4.07. The van der Waals surface area contributed by atoms with Gasteiger partial charge >= 0.3 is 0 Å². The quantitative estimate of drug-likeness (QED) is 0.555. The Balaban J connectivity index is 3.14. The van der Waals surface area contributed by atoms with E-state index < -0.39 is 21.0 Å². The van der Waals surface area contributed by atoms with Crippen molar-refractivity contribution in [3.05, 3.63) is 16.8 Å². The van der Waals surface area contributed by atoms with Crippen LogP contribution in [0.4, 0.5) is 5.82 Å². The van der Waals surface area contributed by atoms with E-state index in [1.54, 1.807) is 0 Å². The highest BCUT2D eigenvalue weighted by atomic mass is 31.2. The van der Waals surface area contributed by atoms with Crippen LogP contribution >= 0.6 is 7.82 Å². The van der Waals surface area contributed by atoms with Crippen LogP contribution in [0, 0.1) is 6.92 Å². The zero-order valence-electron chi connectivity index (χ0n) is 8.91. The second kappa shape index (κ2) is 4.99. The molecule has 0 fully saturated rings. The van der Waals surface area contributed by atoms with E-state index in [2.05, 4.69) is 9.51 Å². The maximum absolute atomic E-state index is 10.3. The zero-order chi connectivity index (χ0) is 13.2. The van der Waals surface area contributed by atoms with Gasteiger partial charge in [0.25, 0.3) is 0 Å². The number of pyridine rings is 1. The predicted octanol–water partition coefficient (Wildman–Crippen LogP) is -1.48. The van der Waals surface area contributed by atoms with E-state index in [1.165, 1.54) is 6.92 Å². The molecule has 1 aromatic heterocycles. The minimum atomic E-state index is -5.15. The number of phosphoric acid groups is 1. The normalized spacial score (nSPS) is 11.8. The van der Waals surface area contributed by atoms with Crippen molar-refractivity contribution >= 4 is 13.6 Å². The topological polar surface area (TPSA) is 152 Å². The number of nitrogens with zero attached hydrogens (tertiary/aromatic N) is 1. The third-order valence-corrected chi connectivity index (χ3v) is 2.56. The number of hydrogen-bond acceptors (Lipinski definition) is 8. The lowest BCUT2D eigenvalue weighted by molar-refractivity contribution is -0.342. The maximum atomic E-state index is 10.3. The molecule has 8 nitrogen and oxygen atoms in total. The molecule has 0 aliphatic rings. The minimum absolute atomic E-state index is 0.0107. The van der Waals surface area contributed by atoms with Crippen LogP contribution in [0.5, 0.6) is 5.75 Å². The molecule has 0 aliphatic carbocycles. The van der Waals surface area contributed by atoms with Crippen molar-refractivity contribution in [1.29, 1.82) is 0 Å². The molecular weight excluding hydrogens is 251 g/mol. The SMILES string of the molecule is Cc1nc(N)c(COP(=O)([O-])[O-])c(CO)c1O. The van der Waals surface area contributed by atoms with Gasteiger partial charge in [0.2, 0.25) is 0 Å². The molecule has 0 amide bonds. The highest BCUT2D eigenvalue weighted by molar-refractivity contribution is 7.43. The van der Waals surface area contributed by atoms with E-state index in [1.807, 2.05) is 0 Å². The lowest BCUT2D eigenvalue weighted by Crippen LogP contribution is -2.17. The Hall–Kier alpha value is -1.18. The van der Waals surface area contributed by atoms with Crippen LogP contribution in [-0.4, -0.2) is 15.2 Å². The first kappa shape index (κ1) is 13.9. The summed E-state index contributed by atoms with van der Waals surface area (Å²) in [6.07, 6.45) is 0. The number of nitrogen functional groups attached to an aromatic ring is 1. The molecule has 0 saturated heterocycles. The number of rotatable bonds is 4. The molecule has 0 atom stereocenters. The standard InChI is InChI=1S/C8H13N2O6P/c1-4-7(12)5(2-11)6(8(9)10-4)3-16-17(13,14)15/h11-12H,2-3H2,1H3,(H2,9,10)(H2,13,14,15)/p-2. The van der Waals surface area contributed by atoms with Gasteiger partial charge in [-0.15, -0.1) is 0 Å². The van der Waals surface area contributed by atoms with Crippen molar-refractivity contribution in [2.24, 2.45) is 0 Å². The fraction of sp³-hybridized carbons (Fsp3) is 0.375. The summed E-state index contributed by atoms with van der Waals surface area (Å²) in [5, 5.41) is 18.6. The summed E-state index contributed by atoms with van der Waals surface area (Å²) in [4.78, 5) is 24.4. The first-order valence-electron chi connectivity index (χ1n) is 4.50. The summed E-state index contributed by atoms with van der Waals surface area (Å²) in [6.45, 7) is 0.203. The van der Waals surface area contributed by atoms with Gasteiger partial charge in [-0.3, -0.25) is 0 Å². The summed E-state index contributed by atoms with van der Waals surface area (Å²) in [6, 6.07) is 0. The Bertz CT molecular complexity index is 472. The first-order valence-corrected chi connectivity index (χ1v) is 5.96. The molecule has 0 aliphatic heterocycles. The van der Waals surface area contributed by atoms with Gasteiger partial charge < -0.3 is 34.8 Å². The van der Waals surface area contributed by atoms with Crippen molar-refractivity contribution < 1.29 is 29.1 Å². The molecule has 0 aromatic carbocycles. The van der Waals surface area contributed by atoms with Gasteiger partial charge in [-0.25, -0.2) is 4.98 Å². The van der Waals surface area contributed by atoms with Crippen LogP contribution in [0.25, 0.3) is 0 Å². The third-order valence-electron chi connectivity index (χ3n) is 2.12. The van der Waals surface area contributed by atoms with Crippen molar-refractivity contribution in [2.45, 2.75) is 20.1 Å². The maximum Gasteiger partial charge on any atom is 0.142 e. The second-order valence-electron chi connectivity index (χ2n) is 3.27. The lowest BCUT2D eigenvalue weighted by Gasteiger charge is -2.29. The van der Waals surface area contributed by atoms with E-state index >= 15 is 0 Å². The van der Waals surface area contributed by atoms with Gasteiger partial charge in [0, 0.05) is 11.1 Å². The molecule has 1 aromatic rings. The number of nitrogens with two attached hydrogens (primary N) is 1. The average Bonchev–Trinajstić information content (AvgIpc) is 2.20. The van der Waals surface area contributed by atoms with E-state index in [-0.39, 0.29) is 28.4 Å². The number of aryl methyl sites for hydroxylation is 1. The molecule has 0 saturated carbocycles. The zero-order valence-corrected chi connectivity index (χ0v) is 9.81. The predicted molar refractivity (Wildman–Crippen MR) is 53.4 cm³/mol. The smallest absolute Gasteiger partial charge is 0.142 e. The molecule has 0 radical (unpaired) electrons. The monoisotopic (exact) mass is 262 g/mol. The van der Waals surface area contributed by atoms with Crippen LogP contribution < -0.4 is 15.5 Å². The Morgan fingerprint density at radius 3 is 2.53 bits per heavy atom. The summed E-state index contributed by atoms with van der Waals surface area (Å²) in [5.41, 5.74) is 5.64. The number of phosphoric ester groups is 1. The van der Waals surface area contributed by atoms with Gasteiger partial charge in [0.1, 0.15) is 11.6 Å². The van der Waals surface area contributed by atoms with Gasteiger partial charge in [0.15, 0.2) is 0 Å². The lowest BCUT2D eigenvalue weighted by atomic mass is 10.1. The van der Waals surface area contributed by atoms with Crippen molar-refractivity contribution in [2.75, 3.05) is 5.73 Å². The summed E-state index contributed by atoms with van der Waals surface area (Å²) >= 11 is 0. The number of aromatic hydroxyl groups is 1. The molecule has 96 valence electrons. The van der Waals surface area contributed by atoms with E-state index in [0.29, 0.717) is 0 Å². The van der Waals surface area contributed by atoms with Gasteiger partial charge in [-0.05, 0) is 6.92 Å². The number of aliphatic hydroxyl groups is 1. The fourth-order valence-corrected chi connectivity index (χ4v) is 1.58. The van der Waals surface area contributed by atoms with Gasteiger partial charge in [-0.2, -0.15) is 0 Å². The molecule has 1 rings (SSSR count). The molecular formula is C8H11N2O6P-2. The van der Waals surface area contributed by atoms with Crippen molar-refractivity contribution in [3.63, 3.8) is 0 Å². The minimum Gasteiger partial charge on any atom is -0.790 e. The van der Waals surface area contributed by atoms with E-state index in [0.717, 1.165) is 0 Å². The largest absolute Gasteiger partial charge is 0.790 e. The number of aliphatic hydroxyl groups excluding tert-OH is 1. The molecule has 4 N–H and O–H groups in total. The van der Waals surface area contributed by atoms with E-state index in [4.69, 9.17) is 10.8 Å². The first-order chi connectivity index (χ1) is 7.76. The Morgan fingerprint density at radius 1 is 1.47 bits per heavy atom. The fourth-order valence-electron chi connectivity index (χ4n) is 1.29. The highest BCUT2D eigenvalue weighted by Crippen LogP contribution is 2.32. The Labute approximate surface area is 96.9 Å². The molecule has 1 heterocycles. The van der Waals surface area contributed by atoms with Gasteiger partial charge in [-0.1, -0.05) is 0 Å². The number of hydrogen-bond donors (Lipinski definition) is 3. The summed E-state index contributed by atoms with van der Waals surface area (Å²) in [7, 11) is -5.15. The molecule has 0 unspecified atom stereocenters. The molecule has 17 heavy (non-hydrogen) atoms. The van der Waals surface area contributed by atoms with Crippen molar-refractivity contribution in [1.82, 2.24) is 4.98 Å². The molecule has 0 spiro atoms. The van der Waals surface area contributed by atoms with Gasteiger partial charge in [0.05, 0.1) is 26.7 Å². The molecule has 9 heteroatoms. The third kappa shape index (κ3) is 3.39.